The average Bonchev–Trinajstić information content (AvgIpc) is 2.38. The molecule has 0 saturated carbocycles. The maximum Gasteiger partial charge on any atom is 0.217 e. The average molecular weight is 235 g/mol. The Kier molecular flexibility index (Phi) is 7.69. The van der Waals surface area contributed by atoms with Crippen LogP contribution in [0.3, 0.4) is 0 Å². The van der Waals surface area contributed by atoms with Gasteiger partial charge in [0.05, 0.1) is 6.61 Å². The molecule has 2 nitrogen and oxygen atoms in total. The molecule has 17 heavy (non-hydrogen) atoms. The van der Waals surface area contributed by atoms with Gasteiger partial charge in [-0.05, 0) is 6.42 Å². The first-order valence-corrected chi connectivity index (χ1v) is 6.67. The molecule has 0 bridgehead atoms. The van der Waals surface area contributed by atoms with Crippen LogP contribution >= 0.6 is 0 Å². The van der Waals surface area contributed by atoms with Crippen LogP contribution < -0.4 is 0 Å². The van der Waals surface area contributed by atoms with Crippen molar-refractivity contribution in [3.8, 4) is 0 Å². The second-order valence-electron chi connectivity index (χ2n) is 4.38. The standard InChI is InChI=1S/C15H23O2/c1-2-3-4-5-6-10-13-17-15(16)14-11-8-7-9-12-14/h7-9,11-12,15H,2-6,10,13H2,1H3. The van der Waals surface area contributed by atoms with Crippen molar-refractivity contribution in [3.63, 3.8) is 0 Å². The summed E-state index contributed by atoms with van der Waals surface area (Å²) in [6.45, 7) is 2.79. The lowest BCUT2D eigenvalue weighted by molar-refractivity contribution is -0.145. The molecule has 0 aliphatic carbocycles. The molecule has 1 rings (SSSR count). The van der Waals surface area contributed by atoms with Crippen LogP contribution in [0.4, 0.5) is 0 Å². The van der Waals surface area contributed by atoms with Gasteiger partial charge in [-0.3, -0.25) is 0 Å². The lowest BCUT2D eigenvalue weighted by atomic mass is 10.1. The molecule has 0 heterocycles. The number of rotatable bonds is 9. The van der Waals surface area contributed by atoms with E-state index in [0.717, 1.165) is 12.0 Å². The van der Waals surface area contributed by atoms with Crippen LogP contribution in [0.25, 0.3) is 0 Å². The highest BCUT2D eigenvalue weighted by Crippen LogP contribution is 2.15. The van der Waals surface area contributed by atoms with E-state index in [2.05, 4.69) is 6.92 Å². The highest BCUT2D eigenvalue weighted by atomic mass is 16.6. The van der Waals surface area contributed by atoms with Crippen molar-refractivity contribution in [2.75, 3.05) is 6.61 Å². The van der Waals surface area contributed by atoms with Crippen molar-refractivity contribution in [2.24, 2.45) is 0 Å². The Morgan fingerprint density at radius 1 is 1.00 bits per heavy atom. The Bertz CT molecular complexity index is 272. The van der Waals surface area contributed by atoms with Gasteiger partial charge in [0.1, 0.15) is 0 Å². The minimum absolute atomic E-state index is 0.579. The lowest BCUT2D eigenvalue weighted by Crippen LogP contribution is -2.03. The second-order valence-corrected chi connectivity index (χ2v) is 4.38. The van der Waals surface area contributed by atoms with E-state index in [1.165, 1.54) is 32.1 Å². The summed E-state index contributed by atoms with van der Waals surface area (Å²) in [7, 11) is 0. The summed E-state index contributed by atoms with van der Waals surface area (Å²) in [5, 5.41) is 11.6. The smallest absolute Gasteiger partial charge is 0.217 e. The summed E-state index contributed by atoms with van der Waals surface area (Å²) in [5.74, 6) is 0. The van der Waals surface area contributed by atoms with Gasteiger partial charge in [-0.2, -0.15) is 5.11 Å². The molecule has 0 aliphatic rings. The van der Waals surface area contributed by atoms with Gasteiger partial charge in [-0.25, -0.2) is 0 Å². The van der Waals surface area contributed by atoms with Gasteiger partial charge in [-0.1, -0.05) is 69.4 Å². The molecule has 1 aromatic carbocycles. The molecule has 0 aliphatic heterocycles. The van der Waals surface area contributed by atoms with Gasteiger partial charge in [-0.15, -0.1) is 0 Å². The minimum Gasteiger partial charge on any atom is -0.346 e. The zero-order chi connectivity index (χ0) is 12.3. The van der Waals surface area contributed by atoms with E-state index >= 15 is 0 Å². The third kappa shape index (κ3) is 6.44. The Morgan fingerprint density at radius 2 is 1.65 bits per heavy atom. The Labute approximate surface area is 105 Å². The number of hydrogen-bond donors (Lipinski definition) is 0. The zero-order valence-electron chi connectivity index (χ0n) is 10.7. The van der Waals surface area contributed by atoms with Gasteiger partial charge in [0.2, 0.25) is 6.29 Å². The first-order chi connectivity index (χ1) is 8.34. The van der Waals surface area contributed by atoms with E-state index in [9.17, 15) is 5.11 Å². The van der Waals surface area contributed by atoms with Crippen molar-refractivity contribution in [1.82, 2.24) is 0 Å². The van der Waals surface area contributed by atoms with Crippen molar-refractivity contribution in [2.45, 2.75) is 51.7 Å². The molecule has 0 spiro atoms. The van der Waals surface area contributed by atoms with Crippen LogP contribution in [0.2, 0.25) is 0 Å². The molecule has 1 atom stereocenters. The molecule has 0 aromatic heterocycles. The lowest BCUT2D eigenvalue weighted by Gasteiger charge is -2.09. The van der Waals surface area contributed by atoms with E-state index in [1.54, 1.807) is 0 Å². The number of benzene rings is 1. The Morgan fingerprint density at radius 3 is 2.35 bits per heavy atom. The first kappa shape index (κ1) is 14.2. The van der Waals surface area contributed by atoms with E-state index in [0.29, 0.717) is 6.61 Å². The first-order valence-electron chi connectivity index (χ1n) is 6.67. The maximum atomic E-state index is 11.6. The van der Waals surface area contributed by atoms with Crippen molar-refractivity contribution in [1.29, 1.82) is 0 Å². The third-order valence-electron chi connectivity index (χ3n) is 2.84. The van der Waals surface area contributed by atoms with Crippen molar-refractivity contribution < 1.29 is 9.84 Å². The fourth-order valence-corrected chi connectivity index (χ4v) is 1.78. The molecule has 0 fully saturated rings. The normalized spacial score (nSPS) is 12.6. The maximum absolute atomic E-state index is 11.6. The second kappa shape index (κ2) is 9.20. The molecule has 1 aromatic rings. The zero-order valence-corrected chi connectivity index (χ0v) is 10.7. The number of hydrogen-bond acceptors (Lipinski definition) is 1. The molecule has 0 amide bonds. The van der Waals surface area contributed by atoms with Gasteiger partial charge in [0.25, 0.3) is 0 Å². The Balaban J connectivity index is 2.03. The van der Waals surface area contributed by atoms with Crippen LogP contribution in [0, 0.1) is 0 Å². The van der Waals surface area contributed by atoms with Gasteiger partial charge in [0.15, 0.2) is 0 Å². The summed E-state index contributed by atoms with van der Waals surface area (Å²) in [6, 6.07) is 9.28. The molecular formula is C15H23O2. The third-order valence-corrected chi connectivity index (χ3v) is 2.84. The number of ether oxygens (including phenoxy) is 1. The fourth-order valence-electron chi connectivity index (χ4n) is 1.78. The molecule has 2 heteroatoms. The summed E-state index contributed by atoms with van der Waals surface area (Å²) in [4.78, 5) is 0. The molecular weight excluding hydrogens is 212 g/mol. The van der Waals surface area contributed by atoms with Crippen LogP contribution in [0.15, 0.2) is 30.3 Å². The summed E-state index contributed by atoms with van der Waals surface area (Å²) in [5.41, 5.74) is 0.721. The summed E-state index contributed by atoms with van der Waals surface area (Å²) >= 11 is 0. The largest absolute Gasteiger partial charge is 0.346 e. The highest BCUT2D eigenvalue weighted by Gasteiger charge is 2.07. The highest BCUT2D eigenvalue weighted by molar-refractivity contribution is 5.15. The van der Waals surface area contributed by atoms with E-state index in [1.807, 2.05) is 30.3 Å². The van der Waals surface area contributed by atoms with Gasteiger partial charge in [0, 0.05) is 5.56 Å². The summed E-state index contributed by atoms with van der Waals surface area (Å²) in [6.07, 6.45) is 6.29. The van der Waals surface area contributed by atoms with Crippen LogP contribution in [0.5, 0.6) is 0 Å². The van der Waals surface area contributed by atoms with Gasteiger partial charge >= 0.3 is 0 Å². The fraction of sp³-hybridized carbons (Fsp3) is 0.600. The van der Waals surface area contributed by atoms with Crippen LogP contribution in [0.1, 0.15) is 57.3 Å². The minimum atomic E-state index is -1.02. The predicted molar refractivity (Wildman–Crippen MR) is 69.2 cm³/mol. The Hall–Kier alpha value is -0.860. The monoisotopic (exact) mass is 235 g/mol. The van der Waals surface area contributed by atoms with Gasteiger partial charge < -0.3 is 4.74 Å². The van der Waals surface area contributed by atoms with E-state index in [4.69, 9.17) is 4.74 Å². The number of unbranched alkanes of at least 4 members (excludes halogenated alkanes) is 5. The van der Waals surface area contributed by atoms with Crippen LogP contribution in [-0.2, 0) is 9.84 Å². The summed E-state index contributed by atoms with van der Waals surface area (Å²) < 4.78 is 5.28. The SMILES string of the molecule is CCCCCCCCOC([O])c1ccccc1. The molecule has 1 unspecified atom stereocenters. The molecule has 1 radical (unpaired) electrons. The van der Waals surface area contributed by atoms with E-state index in [-0.39, 0.29) is 0 Å². The van der Waals surface area contributed by atoms with Crippen LogP contribution in [-0.4, -0.2) is 6.61 Å². The predicted octanol–water partition coefficient (Wildman–Crippen LogP) is 4.49. The topological polar surface area (TPSA) is 29.1 Å². The van der Waals surface area contributed by atoms with Crippen molar-refractivity contribution >= 4 is 0 Å². The van der Waals surface area contributed by atoms with Crippen molar-refractivity contribution in [3.05, 3.63) is 35.9 Å². The molecule has 0 saturated heterocycles. The van der Waals surface area contributed by atoms with E-state index < -0.39 is 6.29 Å². The molecule has 0 N–H and O–H groups in total. The quantitative estimate of drug-likeness (QED) is 0.458. The molecule has 95 valence electrons.